The second kappa shape index (κ2) is 8.41. The van der Waals surface area contributed by atoms with Gasteiger partial charge in [0.25, 0.3) is 0 Å². The van der Waals surface area contributed by atoms with Gasteiger partial charge in [0.2, 0.25) is 0 Å². The van der Waals surface area contributed by atoms with Crippen LogP contribution in [-0.4, -0.2) is 31.6 Å². The maximum absolute atomic E-state index is 10.7. The standard InChI is InChI=1S/C15H27N3O2S/c1-5-6-7-8-9-10-12-16-17-14(21-11-13(19)20)18(12)15(2,3)4/h5-11H2,1-4H3,(H,19,20). The molecule has 0 saturated heterocycles. The van der Waals surface area contributed by atoms with Crippen LogP contribution in [0.5, 0.6) is 0 Å². The molecule has 1 heterocycles. The average molecular weight is 313 g/mol. The maximum Gasteiger partial charge on any atom is 0.313 e. The number of aliphatic carboxylic acids is 1. The molecule has 1 aromatic rings. The number of unbranched alkanes of at least 4 members (excludes halogenated alkanes) is 4. The molecule has 0 atom stereocenters. The molecular formula is C15H27N3O2S. The lowest BCUT2D eigenvalue weighted by Gasteiger charge is -2.24. The van der Waals surface area contributed by atoms with Gasteiger partial charge in [-0.1, -0.05) is 44.4 Å². The Hall–Kier alpha value is -1.04. The van der Waals surface area contributed by atoms with E-state index in [4.69, 9.17) is 5.11 Å². The van der Waals surface area contributed by atoms with Gasteiger partial charge in [-0.2, -0.15) is 0 Å². The van der Waals surface area contributed by atoms with E-state index >= 15 is 0 Å². The molecule has 1 rings (SSSR count). The zero-order chi connectivity index (χ0) is 15.9. The number of aryl methyl sites for hydroxylation is 1. The van der Waals surface area contributed by atoms with Crippen LogP contribution >= 0.6 is 11.8 Å². The van der Waals surface area contributed by atoms with Crippen molar-refractivity contribution in [2.75, 3.05) is 5.75 Å². The van der Waals surface area contributed by atoms with Crippen molar-refractivity contribution in [2.24, 2.45) is 0 Å². The van der Waals surface area contributed by atoms with Gasteiger partial charge >= 0.3 is 5.97 Å². The molecule has 0 aliphatic carbocycles. The molecule has 0 fully saturated rings. The Bertz CT molecular complexity index is 452. The Morgan fingerprint density at radius 1 is 1.19 bits per heavy atom. The molecule has 6 heteroatoms. The normalized spacial score (nSPS) is 11.8. The van der Waals surface area contributed by atoms with E-state index < -0.39 is 5.97 Å². The molecule has 1 aromatic heterocycles. The number of carboxylic acid groups (broad SMARTS) is 1. The first-order chi connectivity index (χ1) is 9.86. The zero-order valence-electron chi connectivity index (χ0n) is 13.6. The van der Waals surface area contributed by atoms with Crippen molar-refractivity contribution < 1.29 is 9.90 Å². The first-order valence-electron chi connectivity index (χ1n) is 7.65. The molecule has 21 heavy (non-hydrogen) atoms. The van der Waals surface area contributed by atoms with Crippen LogP contribution in [0.4, 0.5) is 0 Å². The van der Waals surface area contributed by atoms with E-state index in [-0.39, 0.29) is 11.3 Å². The second-order valence-electron chi connectivity index (χ2n) is 6.25. The van der Waals surface area contributed by atoms with E-state index in [9.17, 15) is 4.79 Å². The molecule has 1 N–H and O–H groups in total. The minimum absolute atomic E-state index is 0.0186. The van der Waals surface area contributed by atoms with Gasteiger partial charge in [-0.15, -0.1) is 10.2 Å². The fourth-order valence-electron chi connectivity index (χ4n) is 2.24. The van der Waals surface area contributed by atoms with Crippen molar-refractivity contribution in [3.8, 4) is 0 Å². The van der Waals surface area contributed by atoms with E-state index in [2.05, 4.69) is 42.5 Å². The van der Waals surface area contributed by atoms with Gasteiger partial charge in [0.15, 0.2) is 5.16 Å². The smallest absolute Gasteiger partial charge is 0.313 e. The quantitative estimate of drug-likeness (QED) is 0.556. The van der Waals surface area contributed by atoms with E-state index in [1.807, 2.05) is 0 Å². The predicted molar refractivity (Wildman–Crippen MR) is 85.8 cm³/mol. The fraction of sp³-hybridized carbons (Fsp3) is 0.800. The Morgan fingerprint density at radius 3 is 2.43 bits per heavy atom. The van der Waals surface area contributed by atoms with Crippen molar-refractivity contribution >= 4 is 17.7 Å². The molecule has 0 aliphatic rings. The van der Waals surface area contributed by atoms with Crippen LogP contribution in [0.2, 0.25) is 0 Å². The molecule has 0 aliphatic heterocycles. The minimum Gasteiger partial charge on any atom is -0.481 e. The van der Waals surface area contributed by atoms with Crippen molar-refractivity contribution in [2.45, 2.75) is 76.9 Å². The van der Waals surface area contributed by atoms with Gasteiger partial charge in [-0.3, -0.25) is 4.79 Å². The summed E-state index contributed by atoms with van der Waals surface area (Å²) in [6, 6.07) is 0. The summed E-state index contributed by atoms with van der Waals surface area (Å²) in [6.07, 6.45) is 7.02. The molecular weight excluding hydrogens is 286 g/mol. The highest BCUT2D eigenvalue weighted by Gasteiger charge is 2.23. The van der Waals surface area contributed by atoms with E-state index in [0.717, 1.165) is 18.7 Å². The Kier molecular flexibility index (Phi) is 7.22. The van der Waals surface area contributed by atoms with Gasteiger partial charge in [-0.25, -0.2) is 0 Å². The largest absolute Gasteiger partial charge is 0.481 e. The van der Waals surface area contributed by atoms with E-state index in [0.29, 0.717) is 5.16 Å². The lowest BCUT2D eigenvalue weighted by Crippen LogP contribution is -2.25. The van der Waals surface area contributed by atoms with Crippen LogP contribution < -0.4 is 0 Å². The van der Waals surface area contributed by atoms with Crippen LogP contribution in [0.1, 0.15) is 65.6 Å². The van der Waals surface area contributed by atoms with Crippen molar-refractivity contribution in [3.05, 3.63) is 5.82 Å². The molecule has 0 amide bonds. The summed E-state index contributed by atoms with van der Waals surface area (Å²) in [5, 5.41) is 18.0. The summed E-state index contributed by atoms with van der Waals surface area (Å²) in [7, 11) is 0. The Labute approximate surface area is 131 Å². The molecule has 0 spiro atoms. The van der Waals surface area contributed by atoms with Crippen LogP contribution in [0.15, 0.2) is 5.16 Å². The second-order valence-corrected chi connectivity index (χ2v) is 7.19. The highest BCUT2D eigenvalue weighted by molar-refractivity contribution is 7.99. The minimum atomic E-state index is -0.829. The molecule has 0 unspecified atom stereocenters. The number of aromatic nitrogens is 3. The van der Waals surface area contributed by atoms with E-state index in [1.54, 1.807) is 0 Å². The highest BCUT2D eigenvalue weighted by atomic mass is 32.2. The Balaban J connectivity index is 2.72. The maximum atomic E-state index is 10.7. The van der Waals surface area contributed by atoms with Crippen LogP contribution in [0, 0.1) is 0 Å². The lowest BCUT2D eigenvalue weighted by atomic mass is 10.1. The molecule has 5 nitrogen and oxygen atoms in total. The van der Waals surface area contributed by atoms with Crippen molar-refractivity contribution in [1.82, 2.24) is 14.8 Å². The van der Waals surface area contributed by atoms with E-state index in [1.165, 1.54) is 37.4 Å². The van der Waals surface area contributed by atoms with Gasteiger partial charge in [0.1, 0.15) is 5.82 Å². The summed E-state index contributed by atoms with van der Waals surface area (Å²) >= 11 is 1.24. The van der Waals surface area contributed by atoms with Crippen molar-refractivity contribution in [1.29, 1.82) is 0 Å². The molecule has 0 radical (unpaired) electrons. The summed E-state index contributed by atoms with van der Waals surface area (Å²) in [5.74, 6) is 0.154. The fourth-order valence-corrected chi connectivity index (χ4v) is 3.10. The first-order valence-corrected chi connectivity index (χ1v) is 8.64. The summed E-state index contributed by atoms with van der Waals surface area (Å²) in [5.41, 5.74) is -0.136. The molecule has 0 bridgehead atoms. The van der Waals surface area contributed by atoms with Gasteiger partial charge in [-0.05, 0) is 27.2 Å². The first kappa shape index (κ1) is 18.0. The number of carboxylic acids is 1. The lowest BCUT2D eigenvalue weighted by molar-refractivity contribution is -0.133. The van der Waals surface area contributed by atoms with Crippen molar-refractivity contribution in [3.63, 3.8) is 0 Å². The third-order valence-electron chi connectivity index (χ3n) is 3.20. The average Bonchev–Trinajstić information content (AvgIpc) is 2.79. The predicted octanol–water partition coefficient (Wildman–Crippen LogP) is 3.72. The number of rotatable bonds is 9. The number of carbonyl (C=O) groups is 1. The molecule has 0 aromatic carbocycles. The number of thioether (sulfide) groups is 1. The highest BCUT2D eigenvalue weighted by Crippen LogP contribution is 2.26. The van der Waals surface area contributed by atoms with Crippen LogP contribution in [-0.2, 0) is 16.8 Å². The number of hydrogen-bond acceptors (Lipinski definition) is 4. The summed E-state index contributed by atoms with van der Waals surface area (Å²) < 4.78 is 2.08. The topological polar surface area (TPSA) is 68.0 Å². The van der Waals surface area contributed by atoms with Gasteiger partial charge in [0.05, 0.1) is 5.75 Å². The van der Waals surface area contributed by atoms with Gasteiger partial charge in [0, 0.05) is 12.0 Å². The third-order valence-corrected chi connectivity index (χ3v) is 4.11. The zero-order valence-corrected chi connectivity index (χ0v) is 14.4. The van der Waals surface area contributed by atoms with Gasteiger partial charge < -0.3 is 9.67 Å². The van der Waals surface area contributed by atoms with Crippen LogP contribution in [0.25, 0.3) is 0 Å². The molecule has 120 valence electrons. The van der Waals surface area contributed by atoms with Crippen LogP contribution in [0.3, 0.4) is 0 Å². The SMILES string of the molecule is CCCCCCCc1nnc(SCC(=O)O)n1C(C)(C)C. The molecule has 0 saturated carbocycles. The summed E-state index contributed by atoms with van der Waals surface area (Å²) in [4.78, 5) is 10.7. The monoisotopic (exact) mass is 313 g/mol. The third kappa shape index (κ3) is 6.08. The number of hydrogen-bond donors (Lipinski definition) is 1. The Morgan fingerprint density at radius 2 is 1.86 bits per heavy atom. The summed E-state index contributed by atoms with van der Waals surface area (Å²) in [6.45, 7) is 8.51. The number of nitrogens with zero attached hydrogens (tertiary/aromatic N) is 3.